The smallest absolute Gasteiger partial charge is 0.418 e. The lowest BCUT2D eigenvalue weighted by Crippen LogP contribution is -2.20. The predicted molar refractivity (Wildman–Crippen MR) is 65.6 cm³/mol. The highest BCUT2D eigenvalue weighted by Crippen LogP contribution is 2.34. The molecule has 106 valence electrons. The van der Waals surface area contributed by atoms with Crippen molar-refractivity contribution in [1.82, 2.24) is 4.57 Å². The lowest BCUT2D eigenvalue weighted by atomic mass is 10.1. The van der Waals surface area contributed by atoms with E-state index >= 15 is 0 Å². The van der Waals surface area contributed by atoms with Crippen molar-refractivity contribution in [2.24, 2.45) is 0 Å². The summed E-state index contributed by atoms with van der Waals surface area (Å²) in [5.74, 6) is -1.28. The molecule has 0 saturated heterocycles. The molecule has 1 aromatic carbocycles. The van der Waals surface area contributed by atoms with Crippen molar-refractivity contribution in [2.45, 2.75) is 19.6 Å². The number of aliphatic carboxylic acids is 1. The highest BCUT2D eigenvalue weighted by Gasteiger charge is 2.34. The molecule has 0 bridgehead atoms. The van der Waals surface area contributed by atoms with Crippen LogP contribution in [0.3, 0.4) is 0 Å². The number of hydrogen-bond acceptors (Lipinski definition) is 2. The van der Waals surface area contributed by atoms with E-state index in [0.717, 1.165) is 22.8 Å². The first kappa shape index (κ1) is 14.1. The molecule has 20 heavy (non-hydrogen) atoms. The summed E-state index contributed by atoms with van der Waals surface area (Å²) in [5, 5.41) is 8.69. The second kappa shape index (κ2) is 4.66. The monoisotopic (exact) mass is 285 g/mol. The lowest BCUT2D eigenvalue weighted by Gasteiger charge is -2.17. The van der Waals surface area contributed by atoms with Crippen LogP contribution in [0.25, 0.3) is 10.9 Å². The summed E-state index contributed by atoms with van der Waals surface area (Å²) in [5.41, 5.74) is -1.81. The van der Waals surface area contributed by atoms with Crippen LogP contribution in [0.5, 0.6) is 0 Å². The van der Waals surface area contributed by atoms with Crippen molar-refractivity contribution in [3.8, 4) is 0 Å². The third-order valence-electron chi connectivity index (χ3n) is 2.94. The van der Waals surface area contributed by atoms with Gasteiger partial charge in [-0.1, -0.05) is 6.07 Å². The van der Waals surface area contributed by atoms with E-state index in [0.29, 0.717) is 0 Å². The van der Waals surface area contributed by atoms with Gasteiger partial charge in [0, 0.05) is 17.1 Å². The summed E-state index contributed by atoms with van der Waals surface area (Å²) < 4.78 is 40.1. The van der Waals surface area contributed by atoms with E-state index in [1.807, 2.05) is 0 Å². The second-order valence-corrected chi connectivity index (χ2v) is 4.33. The molecule has 0 spiro atoms. The number of benzene rings is 1. The molecule has 2 rings (SSSR count). The number of hydrogen-bond donors (Lipinski definition) is 1. The molecule has 1 heterocycles. The molecule has 2 aromatic rings. The normalized spacial score (nSPS) is 11.8. The Kier molecular flexibility index (Phi) is 3.29. The van der Waals surface area contributed by atoms with Gasteiger partial charge in [-0.3, -0.25) is 9.59 Å². The van der Waals surface area contributed by atoms with Crippen LogP contribution in [0, 0.1) is 6.92 Å². The number of aryl methyl sites for hydroxylation is 1. The number of carboxylic acids is 1. The van der Waals surface area contributed by atoms with Gasteiger partial charge >= 0.3 is 12.1 Å². The SMILES string of the molecule is Cc1cc(=O)c2cccc(C(F)(F)F)c2n1CC(=O)O. The lowest BCUT2D eigenvalue weighted by molar-refractivity contribution is -0.139. The van der Waals surface area contributed by atoms with Gasteiger partial charge in [0.1, 0.15) is 6.54 Å². The van der Waals surface area contributed by atoms with E-state index in [1.165, 1.54) is 13.0 Å². The number of fused-ring (bicyclic) bond motifs is 1. The van der Waals surface area contributed by atoms with Crippen LogP contribution in [0.1, 0.15) is 11.3 Å². The third kappa shape index (κ3) is 2.38. The zero-order valence-electron chi connectivity index (χ0n) is 10.4. The average molecular weight is 285 g/mol. The molecule has 1 N–H and O–H groups in total. The molecule has 0 amide bonds. The van der Waals surface area contributed by atoms with Gasteiger partial charge in [-0.25, -0.2) is 0 Å². The number of alkyl halides is 3. The Hall–Kier alpha value is -2.31. The minimum atomic E-state index is -4.67. The molecule has 0 saturated carbocycles. The fourth-order valence-electron chi connectivity index (χ4n) is 2.12. The molecule has 4 nitrogen and oxygen atoms in total. The zero-order valence-corrected chi connectivity index (χ0v) is 10.4. The molecule has 0 aliphatic carbocycles. The maximum Gasteiger partial charge on any atom is 0.418 e. The number of carboxylic acid groups (broad SMARTS) is 1. The Morgan fingerprint density at radius 2 is 2.00 bits per heavy atom. The van der Waals surface area contributed by atoms with Gasteiger partial charge in [-0.15, -0.1) is 0 Å². The highest BCUT2D eigenvalue weighted by atomic mass is 19.4. The van der Waals surface area contributed by atoms with Crippen LogP contribution in [-0.2, 0) is 17.5 Å². The van der Waals surface area contributed by atoms with Gasteiger partial charge in [0.2, 0.25) is 0 Å². The Morgan fingerprint density at radius 3 is 2.55 bits per heavy atom. The fraction of sp³-hybridized carbons (Fsp3) is 0.231. The molecule has 0 aliphatic heterocycles. The van der Waals surface area contributed by atoms with Crippen molar-refractivity contribution in [2.75, 3.05) is 0 Å². The zero-order chi connectivity index (χ0) is 15.1. The van der Waals surface area contributed by atoms with E-state index in [-0.39, 0.29) is 11.1 Å². The Morgan fingerprint density at radius 1 is 1.35 bits per heavy atom. The molecule has 7 heteroatoms. The summed E-state index contributed by atoms with van der Waals surface area (Å²) in [6.07, 6.45) is -4.67. The van der Waals surface area contributed by atoms with Crippen LogP contribution >= 0.6 is 0 Å². The number of carbonyl (C=O) groups is 1. The number of nitrogens with zero attached hydrogens (tertiary/aromatic N) is 1. The molecule has 0 aliphatic rings. The van der Waals surface area contributed by atoms with E-state index < -0.39 is 35.2 Å². The van der Waals surface area contributed by atoms with Gasteiger partial charge in [0.25, 0.3) is 0 Å². The van der Waals surface area contributed by atoms with E-state index in [2.05, 4.69) is 0 Å². The summed E-state index contributed by atoms with van der Waals surface area (Å²) >= 11 is 0. The Bertz CT molecular complexity index is 747. The van der Waals surface area contributed by atoms with Crippen LogP contribution in [0.15, 0.2) is 29.1 Å². The van der Waals surface area contributed by atoms with Gasteiger partial charge in [0.05, 0.1) is 11.1 Å². The molecular weight excluding hydrogens is 275 g/mol. The van der Waals surface area contributed by atoms with Gasteiger partial charge in [-0.2, -0.15) is 13.2 Å². The van der Waals surface area contributed by atoms with E-state index in [4.69, 9.17) is 5.11 Å². The average Bonchev–Trinajstić information content (AvgIpc) is 2.32. The second-order valence-electron chi connectivity index (χ2n) is 4.33. The van der Waals surface area contributed by atoms with Crippen LogP contribution in [0.2, 0.25) is 0 Å². The minimum Gasteiger partial charge on any atom is -0.480 e. The quantitative estimate of drug-likeness (QED) is 0.921. The first-order valence-corrected chi connectivity index (χ1v) is 5.64. The summed E-state index contributed by atoms with van der Waals surface area (Å²) in [6.45, 7) is 0.757. The topological polar surface area (TPSA) is 59.3 Å². The molecule has 1 aromatic heterocycles. The predicted octanol–water partition coefficient (Wildman–Crippen LogP) is 2.41. The minimum absolute atomic E-state index is 0.147. The maximum absolute atomic E-state index is 13.0. The van der Waals surface area contributed by atoms with Crippen LogP contribution < -0.4 is 5.43 Å². The number of para-hydroxylation sites is 1. The number of pyridine rings is 1. The standard InChI is InChI=1S/C13H10F3NO3/c1-7-5-10(18)8-3-2-4-9(13(14,15)16)12(8)17(7)6-11(19)20/h2-5H,6H2,1H3,(H,19,20). The molecular formula is C13H10F3NO3. The van der Waals surface area contributed by atoms with Crippen molar-refractivity contribution >= 4 is 16.9 Å². The first-order chi connectivity index (χ1) is 9.21. The largest absolute Gasteiger partial charge is 0.480 e. The van der Waals surface area contributed by atoms with E-state index in [9.17, 15) is 22.8 Å². The first-order valence-electron chi connectivity index (χ1n) is 5.64. The summed E-state index contributed by atoms with van der Waals surface area (Å²) in [4.78, 5) is 22.6. The van der Waals surface area contributed by atoms with Crippen molar-refractivity contribution in [3.63, 3.8) is 0 Å². The maximum atomic E-state index is 13.0. The van der Waals surface area contributed by atoms with Crippen molar-refractivity contribution < 1.29 is 23.1 Å². The summed E-state index contributed by atoms with van der Waals surface area (Å²) in [6, 6.07) is 4.35. The molecule has 0 radical (unpaired) electrons. The van der Waals surface area contributed by atoms with Gasteiger partial charge in [0.15, 0.2) is 5.43 Å². The number of halogens is 3. The highest BCUT2D eigenvalue weighted by molar-refractivity contribution is 5.84. The fourth-order valence-corrected chi connectivity index (χ4v) is 2.12. The third-order valence-corrected chi connectivity index (χ3v) is 2.94. The molecule has 0 unspecified atom stereocenters. The van der Waals surface area contributed by atoms with Crippen LogP contribution in [0.4, 0.5) is 13.2 Å². The van der Waals surface area contributed by atoms with Crippen molar-refractivity contribution in [1.29, 1.82) is 0 Å². The number of rotatable bonds is 2. The van der Waals surface area contributed by atoms with Gasteiger partial charge < -0.3 is 9.67 Å². The Balaban J connectivity index is 2.97. The van der Waals surface area contributed by atoms with Crippen molar-refractivity contribution in [3.05, 3.63) is 45.7 Å². The number of aromatic nitrogens is 1. The summed E-state index contributed by atoms with van der Waals surface area (Å²) in [7, 11) is 0. The molecule has 0 atom stereocenters. The van der Waals surface area contributed by atoms with Gasteiger partial charge in [-0.05, 0) is 19.1 Å². The molecule has 0 fully saturated rings. The Labute approximate surface area is 111 Å². The van der Waals surface area contributed by atoms with E-state index in [1.54, 1.807) is 0 Å². The van der Waals surface area contributed by atoms with Crippen LogP contribution in [-0.4, -0.2) is 15.6 Å².